The SMILES string of the molecule is CCC(C)C(Br)Cc1ccc(OC)c(OC)c1. The topological polar surface area (TPSA) is 18.5 Å². The molecule has 0 N–H and O–H groups in total. The van der Waals surface area contributed by atoms with Gasteiger partial charge in [-0.05, 0) is 30.0 Å². The first-order valence-electron chi connectivity index (χ1n) is 5.97. The first-order chi connectivity index (χ1) is 8.12. The Labute approximate surface area is 112 Å². The lowest BCUT2D eigenvalue weighted by molar-refractivity contribution is 0.354. The fourth-order valence-corrected chi connectivity index (χ4v) is 2.44. The number of hydrogen-bond donors (Lipinski definition) is 0. The van der Waals surface area contributed by atoms with Crippen LogP contribution >= 0.6 is 15.9 Å². The molecule has 0 spiro atoms. The number of alkyl halides is 1. The summed E-state index contributed by atoms with van der Waals surface area (Å²) in [7, 11) is 3.33. The molecule has 2 nitrogen and oxygen atoms in total. The molecule has 0 fully saturated rings. The molecule has 0 saturated carbocycles. The number of ether oxygens (including phenoxy) is 2. The Morgan fingerprint density at radius 3 is 2.35 bits per heavy atom. The third kappa shape index (κ3) is 3.91. The fraction of sp³-hybridized carbons (Fsp3) is 0.571. The van der Waals surface area contributed by atoms with Crippen LogP contribution in [0.1, 0.15) is 25.8 Å². The van der Waals surface area contributed by atoms with Crippen molar-refractivity contribution >= 4 is 15.9 Å². The largest absolute Gasteiger partial charge is 0.493 e. The Balaban J connectivity index is 2.78. The number of halogens is 1. The van der Waals surface area contributed by atoms with E-state index >= 15 is 0 Å². The van der Waals surface area contributed by atoms with E-state index in [1.165, 1.54) is 12.0 Å². The third-order valence-corrected chi connectivity index (χ3v) is 4.37. The Hall–Kier alpha value is -0.700. The van der Waals surface area contributed by atoms with E-state index in [1.54, 1.807) is 14.2 Å². The molecule has 17 heavy (non-hydrogen) atoms. The molecule has 0 aliphatic rings. The quantitative estimate of drug-likeness (QED) is 0.738. The smallest absolute Gasteiger partial charge is 0.160 e. The molecule has 0 aromatic heterocycles. The van der Waals surface area contributed by atoms with Crippen LogP contribution in [0.4, 0.5) is 0 Å². The van der Waals surface area contributed by atoms with Crippen LogP contribution in [0.15, 0.2) is 18.2 Å². The molecule has 0 heterocycles. The summed E-state index contributed by atoms with van der Waals surface area (Å²) in [6, 6.07) is 6.11. The lowest BCUT2D eigenvalue weighted by atomic mass is 9.98. The number of methoxy groups -OCH3 is 2. The molecule has 0 saturated heterocycles. The van der Waals surface area contributed by atoms with Crippen LogP contribution in [0.2, 0.25) is 0 Å². The molecule has 96 valence electrons. The molecule has 0 radical (unpaired) electrons. The Bertz CT molecular complexity index is 352. The van der Waals surface area contributed by atoms with Gasteiger partial charge in [-0.3, -0.25) is 0 Å². The van der Waals surface area contributed by atoms with Crippen LogP contribution in [-0.2, 0) is 6.42 Å². The van der Waals surface area contributed by atoms with Crippen molar-refractivity contribution in [3.8, 4) is 11.5 Å². The van der Waals surface area contributed by atoms with Crippen LogP contribution in [0.5, 0.6) is 11.5 Å². The maximum atomic E-state index is 5.30. The molecule has 2 unspecified atom stereocenters. The van der Waals surface area contributed by atoms with Gasteiger partial charge in [0.15, 0.2) is 11.5 Å². The third-order valence-electron chi connectivity index (χ3n) is 3.14. The zero-order valence-electron chi connectivity index (χ0n) is 11.0. The van der Waals surface area contributed by atoms with Crippen LogP contribution < -0.4 is 9.47 Å². The molecular weight excluding hydrogens is 280 g/mol. The van der Waals surface area contributed by atoms with Crippen molar-refractivity contribution in [1.29, 1.82) is 0 Å². The maximum Gasteiger partial charge on any atom is 0.160 e. The minimum atomic E-state index is 0.505. The van der Waals surface area contributed by atoms with E-state index in [1.807, 2.05) is 6.07 Å². The van der Waals surface area contributed by atoms with Crippen molar-refractivity contribution < 1.29 is 9.47 Å². The van der Waals surface area contributed by atoms with E-state index in [0.717, 1.165) is 17.9 Å². The molecule has 2 atom stereocenters. The van der Waals surface area contributed by atoms with Crippen LogP contribution in [0.3, 0.4) is 0 Å². The van der Waals surface area contributed by atoms with Gasteiger partial charge < -0.3 is 9.47 Å². The van der Waals surface area contributed by atoms with Gasteiger partial charge in [0.25, 0.3) is 0 Å². The van der Waals surface area contributed by atoms with E-state index in [2.05, 4.69) is 41.9 Å². The van der Waals surface area contributed by atoms with E-state index in [4.69, 9.17) is 9.47 Å². The number of benzene rings is 1. The molecule has 0 amide bonds. The van der Waals surface area contributed by atoms with Crippen molar-refractivity contribution in [3.05, 3.63) is 23.8 Å². The first kappa shape index (κ1) is 14.4. The summed E-state index contributed by atoms with van der Waals surface area (Å²) >= 11 is 3.75. The van der Waals surface area contributed by atoms with Gasteiger partial charge in [0.05, 0.1) is 14.2 Å². The fourth-order valence-electron chi connectivity index (χ4n) is 1.69. The van der Waals surface area contributed by atoms with Gasteiger partial charge in [-0.1, -0.05) is 42.3 Å². The highest BCUT2D eigenvalue weighted by atomic mass is 79.9. The highest BCUT2D eigenvalue weighted by molar-refractivity contribution is 9.09. The van der Waals surface area contributed by atoms with Crippen molar-refractivity contribution in [2.24, 2.45) is 5.92 Å². The van der Waals surface area contributed by atoms with Gasteiger partial charge in [-0.15, -0.1) is 0 Å². The molecule has 1 aromatic rings. The molecule has 0 aliphatic carbocycles. The van der Waals surface area contributed by atoms with Gasteiger partial charge in [0.1, 0.15) is 0 Å². The summed E-state index contributed by atoms with van der Waals surface area (Å²) < 4.78 is 10.5. The standard InChI is InChI=1S/C14H21BrO2/c1-5-10(2)12(15)8-11-6-7-13(16-3)14(9-11)17-4/h6-7,9-10,12H,5,8H2,1-4H3. The normalized spacial score (nSPS) is 14.2. The van der Waals surface area contributed by atoms with Crippen molar-refractivity contribution in [2.75, 3.05) is 14.2 Å². The molecule has 1 rings (SSSR count). The highest BCUT2D eigenvalue weighted by Gasteiger charge is 2.14. The van der Waals surface area contributed by atoms with Crippen LogP contribution in [-0.4, -0.2) is 19.0 Å². The summed E-state index contributed by atoms with van der Waals surface area (Å²) in [6.45, 7) is 4.48. The van der Waals surface area contributed by atoms with E-state index in [9.17, 15) is 0 Å². The Morgan fingerprint density at radius 1 is 1.18 bits per heavy atom. The molecule has 0 aliphatic heterocycles. The van der Waals surface area contributed by atoms with Gasteiger partial charge in [0.2, 0.25) is 0 Å². The van der Waals surface area contributed by atoms with Crippen LogP contribution in [0, 0.1) is 5.92 Å². The summed E-state index contributed by atoms with van der Waals surface area (Å²) in [5, 5.41) is 0. The minimum Gasteiger partial charge on any atom is -0.493 e. The Morgan fingerprint density at radius 2 is 1.82 bits per heavy atom. The van der Waals surface area contributed by atoms with E-state index in [-0.39, 0.29) is 0 Å². The predicted molar refractivity (Wildman–Crippen MR) is 75.4 cm³/mol. The number of rotatable bonds is 6. The molecule has 3 heteroatoms. The molecular formula is C14H21BrO2. The number of hydrogen-bond acceptors (Lipinski definition) is 2. The summed E-state index contributed by atoms with van der Waals surface area (Å²) in [4.78, 5) is 0.505. The summed E-state index contributed by atoms with van der Waals surface area (Å²) in [5.74, 6) is 2.25. The highest BCUT2D eigenvalue weighted by Crippen LogP contribution is 2.29. The van der Waals surface area contributed by atoms with Crippen molar-refractivity contribution in [3.63, 3.8) is 0 Å². The minimum absolute atomic E-state index is 0.505. The zero-order valence-corrected chi connectivity index (χ0v) is 12.6. The van der Waals surface area contributed by atoms with Gasteiger partial charge in [0, 0.05) is 4.83 Å². The predicted octanol–water partition coefficient (Wildman–Crippen LogP) is 4.06. The lowest BCUT2D eigenvalue weighted by Crippen LogP contribution is -2.13. The lowest BCUT2D eigenvalue weighted by Gasteiger charge is -2.17. The Kier molecular flexibility index (Phi) is 5.83. The second kappa shape index (κ2) is 6.90. The van der Waals surface area contributed by atoms with Crippen molar-refractivity contribution in [2.45, 2.75) is 31.5 Å². The zero-order chi connectivity index (χ0) is 12.8. The second-order valence-electron chi connectivity index (χ2n) is 4.29. The monoisotopic (exact) mass is 300 g/mol. The van der Waals surface area contributed by atoms with Gasteiger partial charge in [-0.25, -0.2) is 0 Å². The van der Waals surface area contributed by atoms with E-state index < -0.39 is 0 Å². The summed E-state index contributed by atoms with van der Waals surface area (Å²) in [6.07, 6.45) is 2.19. The molecule has 0 bridgehead atoms. The van der Waals surface area contributed by atoms with Crippen molar-refractivity contribution in [1.82, 2.24) is 0 Å². The molecule has 1 aromatic carbocycles. The van der Waals surface area contributed by atoms with Gasteiger partial charge in [-0.2, -0.15) is 0 Å². The van der Waals surface area contributed by atoms with Gasteiger partial charge >= 0.3 is 0 Å². The van der Waals surface area contributed by atoms with Crippen LogP contribution in [0.25, 0.3) is 0 Å². The van der Waals surface area contributed by atoms with E-state index in [0.29, 0.717) is 10.7 Å². The average molecular weight is 301 g/mol. The average Bonchev–Trinajstić information content (AvgIpc) is 2.37. The second-order valence-corrected chi connectivity index (χ2v) is 5.47. The summed E-state index contributed by atoms with van der Waals surface area (Å²) in [5.41, 5.74) is 1.27. The maximum absolute atomic E-state index is 5.30. The first-order valence-corrected chi connectivity index (χ1v) is 6.88.